The zero-order valence-electron chi connectivity index (χ0n) is 20.6. The Balaban J connectivity index is 1.54. The third-order valence-corrected chi connectivity index (χ3v) is 9.63. The van der Waals surface area contributed by atoms with Crippen LogP contribution in [0, 0.1) is 5.82 Å². The molecule has 2 atom stereocenters. The number of esters is 1. The van der Waals surface area contributed by atoms with Gasteiger partial charge < -0.3 is 14.5 Å². The number of aliphatic imine (C=N–C) groups is 1. The number of carbonyl (C=O) groups is 2. The SMILES string of the molecule is CCOC(=O)C1=C2C[C@H](NS(=O)(=O)C3CN(C(C)=O)C3)CN2C(c2nccs2)=N[C@H]1c1ccc(F)cc1Cl. The number of nitrogens with zero attached hydrogens (tertiary/aromatic N) is 4. The molecule has 0 unspecified atom stereocenters. The lowest BCUT2D eigenvalue weighted by atomic mass is 9.94. The highest BCUT2D eigenvalue weighted by atomic mass is 35.5. The van der Waals surface area contributed by atoms with Crippen molar-refractivity contribution in [1.29, 1.82) is 0 Å². The van der Waals surface area contributed by atoms with Gasteiger partial charge in [-0.15, -0.1) is 11.3 Å². The smallest absolute Gasteiger partial charge is 0.338 e. The number of ether oxygens (including phenoxy) is 1. The van der Waals surface area contributed by atoms with Crippen molar-refractivity contribution in [3.8, 4) is 0 Å². The molecule has 3 aliphatic rings. The molecule has 202 valence electrons. The number of hydrogen-bond donors (Lipinski definition) is 1. The van der Waals surface area contributed by atoms with E-state index in [9.17, 15) is 22.4 Å². The Morgan fingerprint density at radius 3 is 2.68 bits per heavy atom. The molecule has 0 radical (unpaired) electrons. The van der Waals surface area contributed by atoms with Gasteiger partial charge in [-0.1, -0.05) is 17.7 Å². The van der Waals surface area contributed by atoms with Crippen LogP contribution in [-0.2, 0) is 24.3 Å². The van der Waals surface area contributed by atoms with E-state index in [1.54, 1.807) is 23.4 Å². The fourth-order valence-electron chi connectivity index (χ4n) is 4.81. The van der Waals surface area contributed by atoms with E-state index in [1.165, 1.54) is 35.3 Å². The second-order valence-electron chi connectivity index (χ2n) is 9.16. The van der Waals surface area contributed by atoms with Crippen LogP contribution in [0.5, 0.6) is 0 Å². The molecule has 5 rings (SSSR count). The predicted molar refractivity (Wildman–Crippen MR) is 140 cm³/mol. The summed E-state index contributed by atoms with van der Waals surface area (Å²) in [7, 11) is -3.74. The minimum absolute atomic E-state index is 0.100. The van der Waals surface area contributed by atoms with Gasteiger partial charge in [0.05, 0.1) is 12.2 Å². The molecule has 0 saturated carbocycles. The average molecular weight is 582 g/mol. The maximum atomic E-state index is 13.9. The molecule has 1 aromatic heterocycles. The molecule has 2 fully saturated rings. The van der Waals surface area contributed by atoms with Crippen molar-refractivity contribution in [1.82, 2.24) is 19.5 Å². The summed E-state index contributed by atoms with van der Waals surface area (Å²) in [4.78, 5) is 37.3. The van der Waals surface area contributed by atoms with Crippen LogP contribution in [0.2, 0.25) is 5.02 Å². The molecule has 38 heavy (non-hydrogen) atoms. The van der Waals surface area contributed by atoms with Gasteiger partial charge in [-0.2, -0.15) is 0 Å². The monoisotopic (exact) mass is 581 g/mol. The highest BCUT2D eigenvalue weighted by molar-refractivity contribution is 7.90. The van der Waals surface area contributed by atoms with Crippen molar-refractivity contribution in [2.45, 2.75) is 37.6 Å². The Morgan fingerprint density at radius 1 is 1.29 bits per heavy atom. The highest BCUT2D eigenvalue weighted by Crippen LogP contribution is 2.42. The van der Waals surface area contributed by atoms with Crippen LogP contribution in [0.3, 0.4) is 0 Å². The zero-order chi connectivity index (χ0) is 27.2. The number of carbonyl (C=O) groups excluding carboxylic acids is 2. The summed E-state index contributed by atoms with van der Waals surface area (Å²) in [5.74, 6) is -0.852. The topological polar surface area (TPSA) is 121 Å². The third kappa shape index (κ3) is 4.95. The normalized spacial score (nSPS) is 21.7. The van der Waals surface area contributed by atoms with E-state index in [2.05, 4.69) is 9.71 Å². The number of nitrogens with one attached hydrogen (secondary N) is 1. The standard InChI is InChI=1S/C24H25ClFN5O5S2/c1-3-36-24(33)20-19-9-15(29-38(34,35)16-11-30(12-16)13(2)32)10-31(19)22(23-27-6-7-37-23)28-21(20)17-5-4-14(26)8-18(17)25/h4-8,15-16,21,29H,3,9-12H2,1-2H3/t15-,21-/m0/s1. The summed E-state index contributed by atoms with van der Waals surface area (Å²) in [6.45, 7) is 3.68. The molecule has 4 heterocycles. The molecule has 0 bridgehead atoms. The Morgan fingerprint density at radius 2 is 2.05 bits per heavy atom. The molecule has 3 aliphatic heterocycles. The summed E-state index contributed by atoms with van der Waals surface area (Å²) < 4.78 is 48.1. The first-order valence-electron chi connectivity index (χ1n) is 12.0. The van der Waals surface area contributed by atoms with Crippen molar-refractivity contribution in [2.75, 3.05) is 26.2 Å². The summed E-state index contributed by atoms with van der Waals surface area (Å²) in [5, 5.41) is 1.76. The van der Waals surface area contributed by atoms with Crippen molar-refractivity contribution in [3.63, 3.8) is 0 Å². The number of rotatable bonds is 7. The number of amides is 1. The van der Waals surface area contributed by atoms with Gasteiger partial charge in [0, 0.05) is 66.9 Å². The van der Waals surface area contributed by atoms with Crippen molar-refractivity contribution >= 4 is 50.7 Å². The Hall–Kier alpha value is -2.87. The van der Waals surface area contributed by atoms with Crippen molar-refractivity contribution in [3.05, 3.63) is 62.5 Å². The molecule has 1 amide bonds. The van der Waals surface area contributed by atoms with Gasteiger partial charge in [0.2, 0.25) is 15.9 Å². The van der Waals surface area contributed by atoms with E-state index in [0.717, 1.165) is 6.07 Å². The average Bonchev–Trinajstić information content (AvgIpc) is 3.46. The lowest BCUT2D eigenvalue weighted by Gasteiger charge is -2.38. The van der Waals surface area contributed by atoms with E-state index >= 15 is 0 Å². The fraction of sp³-hybridized carbons (Fsp3) is 0.417. The third-order valence-electron chi connectivity index (χ3n) is 6.70. The lowest BCUT2D eigenvalue weighted by Crippen LogP contribution is -2.60. The number of aromatic nitrogens is 1. The first-order valence-corrected chi connectivity index (χ1v) is 14.8. The van der Waals surface area contributed by atoms with E-state index in [4.69, 9.17) is 21.3 Å². The quantitative estimate of drug-likeness (QED) is 0.499. The van der Waals surface area contributed by atoms with Gasteiger partial charge in [-0.05, 0) is 19.1 Å². The Labute approximate surface area is 228 Å². The van der Waals surface area contributed by atoms with E-state index in [0.29, 0.717) is 22.1 Å². The van der Waals surface area contributed by atoms with Gasteiger partial charge in [-0.25, -0.2) is 27.3 Å². The number of halogens is 2. The summed E-state index contributed by atoms with van der Waals surface area (Å²) in [6.07, 6.45) is 1.82. The molecule has 10 nitrogen and oxygen atoms in total. The molecule has 1 N–H and O–H groups in total. The molecular formula is C24H25ClFN5O5S2. The van der Waals surface area contributed by atoms with E-state index in [1.807, 2.05) is 0 Å². The summed E-state index contributed by atoms with van der Waals surface area (Å²) in [6, 6.07) is 2.41. The predicted octanol–water partition coefficient (Wildman–Crippen LogP) is 2.48. The van der Waals surface area contributed by atoms with Gasteiger partial charge >= 0.3 is 5.97 Å². The number of likely N-dealkylation sites (tertiary alicyclic amines) is 1. The van der Waals surface area contributed by atoms with Crippen LogP contribution in [-0.4, -0.2) is 78.4 Å². The van der Waals surface area contributed by atoms with Crippen LogP contribution in [0.1, 0.15) is 36.9 Å². The largest absolute Gasteiger partial charge is 0.463 e. The Bertz CT molecular complexity index is 1440. The molecule has 0 aliphatic carbocycles. The number of thiazole rings is 1. The summed E-state index contributed by atoms with van der Waals surface area (Å²) >= 11 is 7.75. The van der Waals surface area contributed by atoms with Crippen molar-refractivity contribution < 1.29 is 27.1 Å². The molecular weight excluding hydrogens is 557 g/mol. The van der Waals surface area contributed by atoms with Crippen LogP contribution in [0.25, 0.3) is 0 Å². The first kappa shape index (κ1) is 26.7. The number of fused-ring (bicyclic) bond motifs is 1. The van der Waals surface area contributed by atoms with Gasteiger partial charge in [0.1, 0.15) is 17.1 Å². The number of amidine groups is 1. The van der Waals surface area contributed by atoms with Crippen LogP contribution < -0.4 is 4.72 Å². The zero-order valence-corrected chi connectivity index (χ0v) is 22.9. The Kier molecular flexibility index (Phi) is 7.29. The number of sulfonamides is 1. The van der Waals surface area contributed by atoms with Crippen molar-refractivity contribution in [2.24, 2.45) is 4.99 Å². The van der Waals surface area contributed by atoms with Gasteiger partial charge in [-0.3, -0.25) is 9.79 Å². The highest BCUT2D eigenvalue weighted by Gasteiger charge is 2.45. The molecule has 14 heteroatoms. The second kappa shape index (κ2) is 10.4. The summed E-state index contributed by atoms with van der Waals surface area (Å²) in [5.41, 5.74) is 1.18. The molecule has 2 aromatic rings. The minimum Gasteiger partial charge on any atom is -0.463 e. The maximum absolute atomic E-state index is 13.9. The van der Waals surface area contributed by atoms with Crippen LogP contribution in [0.4, 0.5) is 4.39 Å². The van der Waals surface area contributed by atoms with Crippen LogP contribution >= 0.6 is 22.9 Å². The molecule has 1 aromatic carbocycles. The maximum Gasteiger partial charge on any atom is 0.338 e. The minimum atomic E-state index is -3.74. The number of benzene rings is 1. The number of hydrogen-bond acceptors (Lipinski definition) is 9. The second-order valence-corrected chi connectivity index (χ2v) is 12.5. The van der Waals surface area contributed by atoms with E-state index < -0.39 is 39.1 Å². The fourth-order valence-corrected chi connectivity index (χ4v) is 7.29. The lowest BCUT2D eigenvalue weighted by molar-refractivity contribution is -0.139. The first-order chi connectivity index (χ1) is 18.1. The van der Waals surface area contributed by atoms with Crippen LogP contribution in [0.15, 0.2) is 46.0 Å². The molecule has 2 saturated heterocycles. The molecule has 0 spiro atoms. The van der Waals surface area contributed by atoms with E-state index in [-0.39, 0.29) is 49.2 Å². The van der Waals surface area contributed by atoms with Gasteiger partial charge in [0.15, 0.2) is 10.8 Å². The van der Waals surface area contributed by atoms with Gasteiger partial charge in [0.25, 0.3) is 0 Å².